The van der Waals surface area contributed by atoms with Gasteiger partial charge in [0.05, 0.1) is 0 Å². The lowest BCUT2D eigenvalue weighted by atomic mass is 10.1. The molecular weight excluding hydrogens is 254 g/mol. The van der Waals surface area contributed by atoms with Gasteiger partial charge in [0.1, 0.15) is 12.4 Å². The standard InChI is InChI=1S/C13H14ClNO3/c14-12-4-2-1-3-10(12)9-18-13(17)15-7-5-11(16)6-8-15/h1-4H,5-9H2. The SMILES string of the molecule is O=C1CCN(C(=O)OCc2ccccc2Cl)CC1. The molecule has 0 aromatic heterocycles. The number of hydrogen-bond donors (Lipinski definition) is 0. The Morgan fingerprint density at radius 2 is 1.94 bits per heavy atom. The van der Waals surface area contributed by atoms with Crippen molar-refractivity contribution in [2.24, 2.45) is 0 Å². The van der Waals surface area contributed by atoms with Gasteiger partial charge in [-0.1, -0.05) is 29.8 Å². The van der Waals surface area contributed by atoms with E-state index < -0.39 is 0 Å². The van der Waals surface area contributed by atoms with E-state index in [2.05, 4.69) is 0 Å². The second-order valence-electron chi connectivity index (χ2n) is 4.17. The highest BCUT2D eigenvalue weighted by Gasteiger charge is 2.21. The van der Waals surface area contributed by atoms with Gasteiger partial charge in [0.2, 0.25) is 0 Å². The topological polar surface area (TPSA) is 46.6 Å². The fourth-order valence-electron chi connectivity index (χ4n) is 1.78. The summed E-state index contributed by atoms with van der Waals surface area (Å²) in [6, 6.07) is 7.23. The van der Waals surface area contributed by atoms with Gasteiger partial charge in [0, 0.05) is 36.5 Å². The molecule has 0 radical (unpaired) electrons. The molecule has 2 rings (SSSR count). The molecule has 0 bridgehead atoms. The molecule has 1 fully saturated rings. The zero-order valence-electron chi connectivity index (χ0n) is 9.89. The number of hydrogen-bond acceptors (Lipinski definition) is 3. The summed E-state index contributed by atoms with van der Waals surface area (Å²) in [4.78, 5) is 24.4. The predicted octanol–water partition coefficient (Wildman–Crippen LogP) is 2.64. The minimum absolute atomic E-state index is 0.156. The molecular formula is C13H14ClNO3. The highest BCUT2D eigenvalue weighted by Crippen LogP contribution is 2.16. The van der Waals surface area contributed by atoms with Crippen LogP contribution in [-0.4, -0.2) is 29.9 Å². The minimum Gasteiger partial charge on any atom is -0.444 e. The molecule has 5 heteroatoms. The van der Waals surface area contributed by atoms with Crippen LogP contribution in [0.15, 0.2) is 24.3 Å². The third kappa shape index (κ3) is 3.23. The Kier molecular flexibility index (Phi) is 4.20. The quantitative estimate of drug-likeness (QED) is 0.828. The number of ether oxygens (including phenoxy) is 1. The summed E-state index contributed by atoms with van der Waals surface area (Å²) in [6.45, 7) is 1.04. The number of likely N-dealkylation sites (tertiary alicyclic amines) is 1. The molecule has 4 nitrogen and oxygen atoms in total. The van der Waals surface area contributed by atoms with Crippen LogP contribution in [0.3, 0.4) is 0 Å². The van der Waals surface area contributed by atoms with E-state index >= 15 is 0 Å². The maximum atomic E-state index is 11.7. The maximum absolute atomic E-state index is 11.7. The van der Waals surface area contributed by atoms with Crippen LogP contribution in [0.25, 0.3) is 0 Å². The van der Waals surface area contributed by atoms with E-state index in [1.807, 2.05) is 18.2 Å². The number of Topliss-reactive ketones (excluding diaryl/α,β-unsaturated/α-hetero) is 1. The molecule has 1 aromatic rings. The van der Waals surface area contributed by atoms with Gasteiger partial charge in [-0.3, -0.25) is 4.79 Å². The first-order chi connectivity index (χ1) is 8.66. The van der Waals surface area contributed by atoms with Crippen LogP contribution >= 0.6 is 11.6 Å². The Balaban J connectivity index is 1.85. The summed E-state index contributed by atoms with van der Waals surface area (Å²) in [5.41, 5.74) is 0.778. The maximum Gasteiger partial charge on any atom is 0.410 e. The molecule has 0 aliphatic carbocycles. The Bertz CT molecular complexity index is 451. The number of halogens is 1. The zero-order chi connectivity index (χ0) is 13.0. The van der Waals surface area contributed by atoms with Crippen molar-refractivity contribution in [3.63, 3.8) is 0 Å². The summed E-state index contributed by atoms with van der Waals surface area (Å²) < 4.78 is 5.17. The van der Waals surface area contributed by atoms with Gasteiger partial charge < -0.3 is 9.64 Å². The summed E-state index contributed by atoms with van der Waals surface area (Å²) in [5, 5.41) is 0.583. The average Bonchev–Trinajstić information content (AvgIpc) is 2.38. The van der Waals surface area contributed by atoms with Crippen LogP contribution in [0.5, 0.6) is 0 Å². The van der Waals surface area contributed by atoms with Gasteiger partial charge in [0.15, 0.2) is 0 Å². The molecule has 1 aliphatic rings. The molecule has 1 saturated heterocycles. The number of piperidine rings is 1. The first-order valence-electron chi connectivity index (χ1n) is 5.83. The van der Waals surface area contributed by atoms with Crippen LogP contribution in [0.2, 0.25) is 5.02 Å². The normalized spacial score (nSPS) is 15.6. The van der Waals surface area contributed by atoms with Crippen LogP contribution in [0, 0.1) is 0 Å². The number of carbonyl (C=O) groups excluding carboxylic acids is 2. The van der Waals surface area contributed by atoms with E-state index in [0.717, 1.165) is 5.56 Å². The molecule has 0 unspecified atom stereocenters. The Hall–Kier alpha value is -1.55. The molecule has 1 aliphatic heterocycles. The fraction of sp³-hybridized carbons (Fsp3) is 0.385. The van der Waals surface area contributed by atoms with Crippen LogP contribution in [0.4, 0.5) is 4.79 Å². The third-order valence-electron chi connectivity index (χ3n) is 2.89. The second kappa shape index (κ2) is 5.87. The van der Waals surface area contributed by atoms with Crippen molar-refractivity contribution < 1.29 is 14.3 Å². The van der Waals surface area contributed by atoms with Gasteiger partial charge in [-0.15, -0.1) is 0 Å². The van der Waals surface area contributed by atoms with E-state index in [1.165, 1.54) is 0 Å². The van der Waals surface area contributed by atoms with Gasteiger partial charge >= 0.3 is 6.09 Å². The third-order valence-corrected chi connectivity index (χ3v) is 3.26. The molecule has 0 atom stereocenters. The van der Waals surface area contributed by atoms with Gasteiger partial charge in [-0.05, 0) is 6.07 Å². The molecule has 1 aromatic carbocycles. The van der Waals surface area contributed by atoms with Crippen LogP contribution in [-0.2, 0) is 16.1 Å². The molecule has 96 valence electrons. The average molecular weight is 268 g/mol. The lowest BCUT2D eigenvalue weighted by Crippen LogP contribution is -2.38. The molecule has 0 N–H and O–H groups in total. The van der Waals surface area contributed by atoms with E-state index in [1.54, 1.807) is 11.0 Å². The van der Waals surface area contributed by atoms with Gasteiger partial charge in [-0.2, -0.15) is 0 Å². The lowest BCUT2D eigenvalue weighted by molar-refractivity contribution is -0.121. The van der Waals surface area contributed by atoms with Crippen molar-refractivity contribution in [1.82, 2.24) is 4.90 Å². The smallest absolute Gasteiger partial charge is 0.410 e. The van der Waals surface area contributed by atoms with Crippen molar-refractivity contribution in [3.05, 3.63) is 34.9 Å². The number of rotatable bonds is 2. The van der Waals surface area contributed by atoms with Crippen LogP contribution < -0.4 is 0 Å². The number of benzene rings is 1. The summed E-state index contributed by atoms with van der Waals surface area (Å²) in [6.07, 6.45) is 0.449. The Morgan fingerprint density at radius 1 is 1.28 bits per heavy atom. The monoisotopic (exact) mass is 267 g/mol. The minimum atomic E-state index is -0.387. The van der Waals surface area contributed by atoms with Crippen molar-refractivity contribution in [2.75, 3.05) is 13.1 Å². The van der Waals surface area contributed by atoms with Crippen molar-refractivity contribution >= 4 is 23.5 Å². The summed E-state index contributed by atoms with van der Waals surface area (Å²) >= 11 is 5.96. The first kappa shape index (κ1) is 12.9. The fourth-order valence-corrected chi connectivity index (χ4v) is 1.98. The number of nitrogens with zero attached hydrogens (tertiary/aromatic N) is 1. The molecule has 0 saturated carbocycles. The van der Waals surface area contributed by atoms with Crippen molar-refractivity contribution in [2.45, 2.75) is 19.4 Å². The van der Waals surface area contributed by atoms with Crippen LogP contribution in [0.1, 0.15) is 18.4 Å². The van der Waals surface area contributed by atoms with Crippen molar-refractivity contribution in [1.29, 1.82) is 0 Å². The molecule has 1 heterocycles. The number of carbonyl (C=O) groups is 2. The number of ketones is 1. The zero-order valence-corrected chi connectivity index (χ0v) is 10.7. The van der Waals surface area contributed by atoms with E-state index in [-0.39, 0.29) is 18.5 Å². The summed E-state index contributed by atoms with van der Waals surface area (Å²) in [5.74, 6) is 0.199. The molecule has 18 heavy (non-hydrogen) atoms. The number of amides is 1. The summed E-state index contributed by atoms with van der Waals surface area (Å²) in [7, 11) is 0. The van der Waals surface area contributed by atoms with E-state index in [9.17, 15) is 9.59 Å². The highest BCUT2D eigenvalue weighted by atomic mass is 35.5. The first-order valence-corrected chi connectivity index (χ1v) is 6.21. The molecule has 0 spiro atoms. The molecule has 1 amide bonds. The second-order valence-corrected chi connectivity index (χ2v) is 4.58. The lowest BCUT2D eigenvalue weighted by Gasteiger charge is -2.25. The Labute approximate surface area is 110 Å². The van der Waals surface area contributed by atoms with E-state index in [0.29, 0.717) is 31.0 Å². The van der Waals surface area contributed by atoms with Gasteiger partial charge in [-0.25, -0.2) is 4.79 Å². The largest absolute Gasteiger partial charge is 0.444 e. The van der Waals surface area contributed by atoms with E-state index in [4.69, 9.17) is 16.3 Å². The Morgan fingerprint density at radius 3 is 2.61 bits per heavy atom. The highest BCUT2D eigenvalue weighted by molar-refractivity contribution is 6.31. The predicted molar refractivity (Wildman–Crippen MR) is 67.5 cm³/mol. The van der Waals surface area contributed by atoms with Gasteiger partial charge in [0.25, 0.3) is 0 Å². The van der Waals surface area contributed by atoms with Crippen molar-refractivity contribution in [3.8, 4) is 0 Å².